The quantitative estimate of drug-likeness (QED) is 0.489. The van der Waals surface area contributed by atoms with Crippen molar-refractivity contribution in [2.45, 2.75) is 50.3 Å². The number of methoxy groups -OCH3 is 1. The van der Waals surface area contributed by atoms with Crippen molar-refractivity contribution < 1.29 is 39.1 Å². The standard InChI is InChI=1S/C19H22O8/c1-9-4-3-5-12(20)17(23)14(22)8-15-18(27-15)11-6-10(25-2)7-13(21)16(11)19(24)26-9/h3,5-7,9,14-15,17-18,21-23H,4,8H2,1-2H3/t9-,14-,15+,17-,18+/m1/s1. The van der Waals surface area contributed by atoms with E-state index in [1.54, 1.807) is 13.0 Å². The molecule has 146 valence electrons. The second kappa shape index (κ2) is 7.67. The van der Waals surface area contributed by atoms with Crippen LogP contribution in [0.1, 0.15) is 41.8 Å². The van der Waals surface area contributed by atoms with Gasteiger partial charge < -0.3 is 29.5 Å². The number of ether oxygens (including phenoxy) is 3. The van der Waals surface area contributed by atoms with Crippen LogP contribution >= 0.6 is 0 Å². The van der Waals surface area contributed by atoms with E-state index in [0.29, 0.717) is 11.3 Å². The highest BCUT2D eigenvalue weighted by molar-refractivity contribution is 5.95. The molecule has 8 nitrogen and oxygen atoms in total. The largest absolute Gasteiger partial charge is 0.507 e. The summed E-state index contributed by atoms with van der Waals surface area (Å²) in [5.74, 6) is -1.31. The van der Waals surface area contributed by atoms with Gasteiger partial charge in [0.1, 0.15) is 35.4 Å². The van der Waals surface area contributed by atoms with E-state index in [2.05, 4.69) is 0 Å². The van der Waals surface area contributed by atoms with Crippen LogP contribution in [-0.2, 0) is 14.3 Å². The second-order valence-corrected chi connectivity index (χ2v) is 6.71. The van der Waals surface area contributed by atoms with Crippen molar-refractivity contribution in [3.63, 3.8) is 0 Å². The maximum absolute atomic E-state index is 12.6. The van der Waals surface area contributed by atoms with Crippen LogP contribution < -0.4 is 4.74 Å². The lowest BCUT2D eigenvalue weighted by atomic mass is 9.97. The summed E-state index contributed by atoms with van der Waals surface area (Å²) in [5, 5.41) is 30.4. The Morgan fingerprint density at radius 3 is 2.67 bits per heavy atom. The molecule has 2 heterocycles. The van der Waals surface area contributed by atoms with E-state index in [-0.39, 0.29) is 24.2 Å². The zero-order valence-electron chi connectivity index (χ0n) is 15.0. The van der Waals surface area contributed by atoms with Crippen LogP contribution in [0.3, 0.4) is 0 Å². The molecule has 1 aromatic carbocycles. The molecule has 0 spiro atoms. The Balaban J connectivity index is 1.98. The van der Waals surface area contributed by atoms with Crippen molar-refractivity contribution in [2.75, 3.05) is 7.11 Å². The number of benzene rings is 1. The zero-order valence-corrected chi connectivity index (χ0v) is 15.0. The van der Waals surface area contributed by atoms with Gasteiger partial charge in [-0.25, -0.2) is 4.79 Å². The molecule has 27 heavy (non-hydrogen) atoms. The van der Waals surface area contributed by atoms with Crippen LogP contribution in [0.5, 0.6) is 11.5 Å². The number of carbonyl (C=O) groups excluding carboxylic acids is 2. The summed E-state index contributed by atoms with van der Waals surface area (Å²) >= 11 is 0. The van der Waals surface area contributed by atoms with Gasteiger partial charge in [0, 0.05) is 24.5 Å². The third kappa shape index (κ3) is 4.13. The number of aromatic hydroxyl groups is 1. The molecular weight excluding hydrogens is 356 g/mol. The monoisotopic (exact) mass is 378 g/mol. The molecule has 0 aromatic heterocycles. The molecule has 0 radical (unpaired) electrons. The fourth-order valence-electron chi connectivity index (χ4n) is 3.10. The molecule has 3 N–H and O–H groups in total. The minimum atomic E-state index is -1.56. The number of fused-ring (bicyclic) bond motifs is 3. The summed E-state index contributed by atoms with van der Waals surface area (Å²) in [5.41, 5.74) is 0.344. The molecule has 5 atom stereocenters. The molecule has 0 bridgehead atoms. The first-order valence-corrected chi connectivity index (χ1v) is 8.65. The SMILES string of the molecule is COc1cc(O)c2c(c1)[C@@H]1O[C@H]1C[C@@H](O)[C@H](O)C(=O)C=CC[C@@H](C)OC2=O. The molecule has 8 heteroatoms. The summed E-state index contributed by atoms with van der Waals surface area (Å²) in [4.78, 5) is 24.5. The maximum atomic E-state index is 12.6. The molecule has 2 aliphatic rings. The maximum Gasteiger partial charge on any atom is 0.342 e. The third-order valence-corrected chi connectivity index (χ3v) is 4.64. The lowest BCUT2D eigenvalue weighted by Gasteiger charge is -2.17. The van der Waals surface area contributed by atoms with Gasteiger partial charge in [-0.1, -0.05) is 6.08 Å². The van der Waals surface area contributed by atoms with Crippen molar-refractivity contribution in [1.29, 1.82) is 0 Å². The Kier molecular flexibility index (Phi) is 5.50. The normalized spacial score (nSPS) is 31.3. The Morgan fingerprint density at radius 2 is 1.96 bits per heavy atom. The Bertz CT molecular complexity index is 771. The summed E-state index contributed by atoms with van der Waals surface area (Å²) in [6, 6.07) is 2.87. The molecule has 1 aromatic rings. The summed E-state index contributed by atoms with van der Waals surface area (Å²) in [6.45, 7) is 1.64. The van der Waals surface area contributed by atoms with Gasteiger partial charge in [-0.3, -0.25) is 4.79 Å². The topological polar surface area (TPSA) is 126 Å². The van der Waals surface area contributed by atoms with Crippen LogP contribution in [0, 0.1) is 0 Å². The highest BCUT2D eigenvalue weighted by Crippen LogP contribution is 2.46. The smallest absolute Gasteiger partial charge is 0.342 e. The minimum Gasteiger partial charge on any atom is -0.507 e. The van der Waals surface area contributed by atoms with E-state index < -0.39 is 42.3 Å². The van der Waals surface area contributed by atoms with Gasteiger partial charge in [-0.05, 0) is 19.1 Å². The van der Waals surface area contributed by atoms with Gasteiger partial charge >= 0.3 is 5.97 Å². The summed E-state index contributed by atoms with van der Waals surface area (Å²) < 4.78 is 16.0. The van der Waals surface area contributed by atoms with E-state index in [1.807, 2.05) is 0 Å². The van der Waals surface area contributed by atoms with Crippen LogP contribution in [0.15, 0.2) is 24.3 Å². The molecule has 1 saturated heterocycles. The van der Waals surface area contributed by atoms with Crippen LogP contribution in [0.2, 0.25) is 0 Å². The van der Waals surface area contributed by atoms with E-state index in [9.17, 15) is 24.9 Å². The molecule has 0 aliphatic carbocycles. The number of aliphatic hydroxyl groups is 2. The molecule has 3 rings (SSSR count). The number of phenols is 1. The number of carbonyl (C=O) groups is 2. The predicted molar refractivity (Wildman–Crippen MR) is 92.5 cm³/mol. The number of cyclic esters (lactones) is 1. The van der Waals surface area contributed by atoms with E-state index in [1.165, 1.54) is 19.3 Å². The van der Waals surface area contributed by atoms with Gasteiger partial charge in [0.2, 0.25) is 0 Å². The number of hydrogen-bond donors (Lipinski definition) is 3. The highest BCUT2D eigenvalue weighted by atomic mass is 16.6. The predicted octanol–water partition coefficient (Wildman–Crippen LogP) is 1.03. The Morgan fingerprint density at radius 1 is 1.22 bits per heavy atom. The number of hydrogen-bond acceptors (Lipinski definition) is 8. The van der Waals surface area contributed by atoms with Crippen molar-refractivity contribution in [2.24, 2.45) is 0 Å². The van der Waals surface area contributed by atoms with Crippen LogP contribution in [0.4, 0.5) is 0 Å². The van der Waals surface area contributed by atoms with Crippen molar-refractivity contribution in [3.8, 4) is 11.5 Å². The first-order chi connectivity index (χ1) is 12.8. The molecule has 0 unspecified atom stereocenters. The van der Waals surface area contributed by atoms with Gasteiger partial charge in [-0.2, -0.15) is 0 Å². The van der Waals surface area contributed by atoms with E-state index >= 15 is 0 Å². The minimum absolute atomic E-state index is 0.00568. The number of esters is 1. The third-order valence-electron chi connectivity index (χ3n) is 4.64. The van der Waals surface area contributed by atoms with Crippen LogP contribution in [0.25, 0.3) is 0 Å². The molecule has 2 aliphatic heterocycles. The molecular formula is C19H22O8. The number of aliphatic hydroxyl groups excluding tert-OH is 2. The number of epoxide rings is 1. The lowest BCUT2D eigenvalue weighted by molar-refractivity contribution is -0.128. The molecule has 0 saturated carbocycles. The van der Waals surface area contributed by atoms with E-state index in [0.717, 1.165) is 6.08 Å². The zero-order chi connectivity index (χ0) is 19.7. The Labute approximate surface area is 156 Å². The first-order valence-electron chi connectivity index (χ1n) is 8.65. The molecule has 1 fully saturated rings. The summed E-state index contributed by atoms with van der Waals surface area (Å²) in [7, 11) is 1.42. The second-order valence-electron chi connectivity index (χ2n) is 6.71. The van der Waals surface area contributed by atoms with Gasteiger partial charge in [0.15, 0.2) is 5.78 Å². The van der Waals surface area contributed by atoms with Crippen molar-refractivity contribution in [1.82, 2.24) is 0 Å². The van der Waals surface area contributed by atoms with Crippen molar-refractivity contribution in [3.05, 3.63) is 35.4 Å². The van der Waals surface area contributed by atoms with Gasteiger partial charge in [0.25, 0.3) is 0 Å². The Hall–Kier alpha value is -2.42. The van der Waals surface area contributed by atoms with Crippen molar-refractivity contribution >= 4 is 11.8 Å². The summed E-state index contributed by atoms with van der Waals surface area (Å²) in [6.07, 6.45) is -1.72. The fourth-order valence-corrected chi connectivity index (χ4v) is 3.10. The highest BCUT2D eigenvalue weighted by Gasteiger charge is 2.46. The number of rotatable bonds is 1. The average Bonchev–Trinajstić information content (AvgIpc) is 3.38. The lowest BCUT2D eigenvalue weighted by Crippen LogP contribution is -2.34. The number of phenolic OH excluding ortho intramolecular Hbond substituents is 1. The average molecular weight is 378 g/mol. The van der Waals surface area contributed by atoms with Gasteiger partial charge in [-0.15, -0.1) is 0 Å². The van der Waals surface area contributed by atoms with Crippen LogP contribution in [-0.4, -0.2) is 58.6 Å². The fraction of sp³-hybridized carbons (Fsp3) is 0.474. The van der Waals surface area contributed by atoms with Gasteiger partial charge in [0.05, 0.1) is 19.3 Å². The molecule has 0 amide bonds. The van der Waals surface area contributed by atoms with E-state index in [4.69, 9.17) is 14.2 Å². The first kappa shape index (κ1) is 19.3. The number of ketones is 1.